The molecule has 2 aromatic carbocycles. The van der Waals surface area contributed by atoms with Gasteiger partial charge in [0.25, 0.3) is 5.91 Å². The van der Waals surface area contributed by atoms with Crippen LogP contribution < -0.4 is 0 Å². The van der Waals surface area contributed by atoms with Gasteiger partial charge in [-0.05, 0) is 36.4 Å². The Bertz CT molecular complexity index is 1010. The number of amides is 1. The van der Waals surface area contributed by atoms with E-state index in [1.54, 1.807) is 4.90 Å². The summed E-state index contributed by atoms with van der Waals surface area (Å²) in [7, 11) is 0. The zero-order chi connectivity index (χ0) is 21.8. The first-order valence-corrected chi connectivity index (χ1v) is 9.97. The second kappa shape index (κ2) is 8.89. The number of nitrogens with zero attached hydrogens (tertiary/aromatic N) is 4. The summed E-state index contributed by atoms with van der Waals surface area (Å²) in [5.41, 5.74) is 0.378. The van der Waals surface area contributed by atoms with Gasteiger partial charge in [0, 0.05) is 50.3 Å². The third-order valence-electron chi connectivity index (χ3n) is 5.25. The van der Waals surface area contributed by atoms with E-state index in [1.165, 1.54) is 12.1 Å². The van der Waals surface area contributed by atoms with Gasteiger partial charge in [-0.25, -0.2) is 0 Å². The lowest BCUT2D eigenvalue weighted by molar-refractivity contribution is -0.137. The fraction of sp³-hybridized carbons (Fsp3) is 0.318. The van der Waals surface area contributed by atoms with Crippen molar-refractivity contribution in [2.45, 2.75) is 12.6 Å². The maximum Gasteiger partial charge on any atom is 0.416 e. The highest BCUT2D eigenvalue weighted by molar-refractivity contribution is 5.94. The lowest BCUT2D eigenvalue weighted by atomic mass is 10.1. The number of benzene rings is 2. The van der Waals surface area contributed by atoms with Gasteiger partial charge < -0.3 is 9.32 Å². The van der Waals surface area contributed by atoms with Crippen molar-refractivity contribution >= 4 is 5.91 Å². The minimum absolute atomic E-state index is 0.252. The van der Waals surface area contributed by atoms with Crippen molar-refractivity contribution < 1.29 is 22.4 Å². The van der Waals surface area contributed by atoms with E-state index < -0.39 is 11.7 Å². The number of rotatable bonds is 5. The molecular formula is C22H21F3N4O2. The van der Waals surface area contributed by atoms with E-state index in [-0.39, 0.29) is 11.5 Å². The van der Waals surface area contributed by atoms with Crippen LogP contribution in [0.2, 0.25) is 0 Å². The van der Waals surface area contributed by atoms with Crippen LogP contribution in [0.15, 0.2) is 59.0 Å². The molecule has 1 saturated heterocycles. The number of carbonyl (C=O) groups excluding carboxylic acids is 1. The Morgan fingerprint density at radius 3 is 2.26 bits per heavy atom. The molecule has 0 unspecified atom stereocenters. The summed E-state index contributed by atoms with van der Waals surface area (Å²) in [5, 5.41) is 8.18. The molecule has 1 aromatic heterocycles. The van der Waals surface area contributed by atoms with E-state index in [1.807, 2.05) is 30.3 Å². The minimum atomic E-state index is -4.41. The van der Waals surface area contributed by atoms with Crippen LogP contribution in [0, 0.1) is 0 Å². The van der Waals surface area contributed by atoms with E-state index >= 15 is 0 Å². The molecule has 31 heavy (non-hydrogen) atoms. The normalized spacial score (nSPS) is 15.3. The predicted molar refractivity (Wildman–Crippen MR) is 107 cm³/mol. The maximum absolute atomic E-state index is 12.7. The van der Waals surface area contributed by atoms with Gasteiger partial charge in [0.1, 0.15) is 0 Å². The summed E-state index contributed by atoms with van der Waals surface area (Å²) < 4.78 is 43.8. The lowest BCUT2D eigenvalue weighted by Gasteiger charge is -2.34. The maximum atomic E-state index is 12.7. The number of carbonyl (C=O) groups is 1. The van der Waals surface area contributed by atoms with Crippen LogP contribution in [0.5, 0.6) is 0 Å². The SMILES string of the molecule is O=C(c1ccc(C(F)(F)F)cc1)N1CCN(CCc2nnc(-c3ccccc3)o2)CC1. The Kier molecular flexibility index (Phi) is 6.03. The summed E-state index contributed by atoms with van der Waals surface area (Å²) in [6.45, 7) is 3.09. The van der Waals surface area contributed by atoms with Gasteiger partial charge in [-0.15, -0.1) is 10.2 Å². The predicted octanol–water partition coefficient (Wildman–Crippen LogP) is 3.76. The lowest BCUT2D eigenvalue weighted by Crippen LogP contribution is -2.49. The molecule has 3 aromatic rings. The molecule has 6 nitrogen and oxygen atoms in total. The van der Waals surface area contributed by atoms with Crippen LogP contribution in [0.4, 0.5) is 13.2 Å². The average molecular weight is 430 g/mol. The van der Waals surface area contributed by atoms with Crippen molar-refractivity contribution in [1.29, 1.82) is 0 Å². The molecule has 0 spiro atoms. The first kappa shape index (κ1) is 21.0. The number of alkyl halides is 3. The van der Waals surface area contributed by atoms with Crippen molar-refractivity contribution in [2.75, 3.05) is 32.7 Å². The third kappa shape index (κ3) is 5.11. The monoisotopic (exact) mass is 430 g/mol. The van der Waals surface area contributed by atoms with Gasteiger partial charge in [0.15, 0.2) is 0 Å². The first-order chi connectivity index (χ1) is 14.9. The number of halogens is 3. The largest absolute Gasteiger partial charge is 0.421 e. The molecule has 0 aliphatic carbocycles. The second-order valence-electron chi connectivity index (χ2n) is 7.33. The quantitative estimate of drug-likeness (QED) is 0.617. The smallest absolute Gasteiger partial charge is 0.416 e. The standard InChI is InChI=1S/C22H21F3N4O2/c23-22(24,25)18-8-6-17(7-9-18)21(30)29-14-12-28(13-15-29)11-10-19-26-27-20(31-19)16-4-2-1-3-5-16/h1-9H,10-15H2. The Morgan fingerprint density at radius 1 is 0.935 bits per heavy atom. The highest BCUT2D eigenvalue weighted by Gasteiger charge is 2.30. The fourth-order valence-corrected chi connectivity index (χ4v) is 3.46. The molecule has 0 bridgehead atoms. The number of aromatic nitrogens is 2. The first-order valence-electron chi connectivity index (χ1n) is 9.97. The van der Waals surface area contributed by atoms with Crippen LogP contribution in [0.3, 0.4) is 0 Å². The second-order valence-corrected chi connectivity index (χ2v) is 7.33. The van der Waals surface area contributed by atoms with Crippen LogP contribution in [-0.2, 0) is 12.6 Å². The van der Waals surface area contributed by atoms with Gasteiger partial charge in [-0.2, -0.15) is 13.2 Å². The molecule has 1 aliphatic heterocycles. The molecule has 4 rings (SSSR count). The van der Waals surface area contributed by atoms with Crippen molar-refractivity contribution in [3.8, 4) is 11.5 Å². The van der Waals surface area contributed by atoms with Gasteiger partial charge in [-0.3, -0.25) is 9.69 Å². The van der Waals surface area contributed by atoms with Crippen LogP contribution in [-0.4, -0.2) is 58.6 Å². The highest BCUT2D eigenvalue weighted by atomic mass is 19.4. The molecule has 162 valence electrons. The van der Waals surface area contributed by atoms with Crippen LogP contribution >= 0.6 is 0 Å². The summed E-state index contributed by atoms with van der Waals surface area (Å²) in [6, 6.07) is 13.9. The molecule has 0 N–H and O–H groups in total. The molecule has 1 aliphatic rings. The average Bonchev–Trinajstić information content (AvgIpc) is 3.27. The molecule has 0 radical (unpaired) electrons. The zero-order valence-electron chi connectivity index (χ0n) is 16.7. The van der Waals surface area contributed by atoms with Crippen molar-refractivity contribution in [3.63, 3.8) is 0 Å². The third-order valence-corrected chi connectivity index (χ3v) is 5.25. The van der Waals surface area contributed by atoms with Crippen molar-refractivity contribution in [3.05, 3.63) is 71.6 Å². The van der Waals surface area contributed by atoms with Crippen LogP contribution in [0.25, 0.3) is 11.5 Å². The topological polar surface area (TPSA) is 62.5 Å². The summed E-state index contributed by atoms with van der Waals surface area (Å²) in [4.78, 5) is 16.4. The zero-order valence-corrected chi connectivity index (χ0v) is 16.7. The Labute approximate surface area is 177 Å². The molecule has 9 heteroatoms. The van der Waals surface area contributed by atoms with Gasteiger partial charge in [-0.1, -0.05) is 18.2 Å². The van der Waals surface area contributed by atoms with Crippen LogP contribution in [0.1, 0.15) is 21.8 Å². The Morgan fingerprint density at radius 2 is 1.61 bits per heavy atom. The van der Waals surface area contributed by atoms with Crippen molar-refractivity contribution in [2.24, 2.45) is 0 Å². The Balaban J connectivity index is 1.26. The molecule has 2 heterocycles. The molecule has 1 fully saturated rings. The summed E-state index contributed by atoms with van der Waals surface area (Å²) in [5.74, 6) is 0.794. The molecule has 0 atom stereocenters. The van der Waals surface area contributed by atoms with E-state index in [9.17, 15) is 18.0 Å². The number of hydrogen-bond donors (Lipinski definition) is 0. The van der Waals surface area contributed by atoms with Gasteiger partial charge >= 0.3 is 6.18 Å². The highest BCUT2D eigenvalue weighted by Crippen LogP contribution is 2.29. The van der Waals surface area contributed by atoms with E-state index in [2.05, 4.69) is 15.1 Å². The van der Waals surface area contributed by atoms with Gasteiger partial charge in [0.2, 0.25) is 11.8 Å². The molecule has 0 saturated carbocycles. The molecule has 1 amide bonds. The van der Waals surface area contributed by atoms with E-state index in [0.29, 0.717) is 44.4 Å². The fourth-order valence-electron chi connectivity index (χ4n) is 3.46. The minimum Gasteiger partial charge on any atom is -0.421 e. The summed E-state index contributed by atoms with van der Waals surface area (Å²) >= 11 is 0. The Hall–Kier alpha value is -3.20. The molecular weight excluding hydrogens is 409 g/mol. The van der Waals surface area contributed by atoms with Crippen molar-refractivity contribution in [1.82, 2.24) is 20.0 Å². The number of piperazine rings is 1. The number of hydrogen-bond acceptors (Lipinski definition) is 5. The van der Waals surface area contributed by atoms with E-state index in [0.717, 1.165) is 24.2 Å². The van der Waals surface area contributed by atoms with E-state index in [4.69, 9.17) is 4.42 Å². The summed E-state index contributed by atoms with van der Waals surface area (Å²) in [6.07, 6.45) is -3.81. The van der Waals surface area contributed by atoms with Gasteiger partial charge in [0.05, 0.1) is 5.56 Å².